The fourth-order valence-electron chi connectivity index (χ4n) is 3.62. The number of nitrogens with zero attached hydrogens (tertiary/aromatic N) is 3. The van der Waals surface area contributed by atoms with Crippen molar-refractivity contribution in [3.63, 3.8) is 0 Å². The summed E-state index contributed by atoms with van der Waals surface area (Å²) in [7, 11) is 1.50. The van der Waals surface area contributed by atoms with Gasteiger partial charge in [0.2, 0.25) is 0 Å². The van der Waals surface area contributed by atoms with E-state index in [1.165, 1.54) is 36.1 Å². The SMILES string of the molecule is COc1ccc2c(=O)n(C[C@H](O)c3ccccn3)c(C#N)c(-c3cccc(F)c3)c2c1. The predicted molar refractivity (Wildman–Crippen MR) is 114 cm³/mol. The van der Waals surface area contributed by atoms with Crippen molar-refractivity contribution in [1.29, 1.82) is 5.26 Å². The number of benzene rings is 2. The van der Waals surface area contributed by atoms with Gasteiger partial charge in [-0.2, -0.15) is 5.26 Å². The molecule has 2 aromatic carbocycles. The van der Waals surface area contributed by atoms with Crippen molar-refractivity contribution in [3.05, 3.63) is 94.4 Å². The largest absolute Gasteiger partial charge is 0.497 e. The van der Waals surface area contributed by atoms with Crippen molar-refractivity contribution in [2.45, 2.75) is 12.6 Å². The van der Waals surface area contributed by atoms with Crippen molar-refractivity contribution in [2.24, 2.45) is 0 Å². The number of pyridine rings is 2. The van der Waals surface area contributed by atoms with Crippen molar-refractivity contribution >= 4 is 10.8 Å². The third-order valence-electron chi connectivity index (χ3n) is 5.08. The molecule has 0 aliphatic heterocycles. The Labute approximate surface area is 177 Å². The Hall–Kier alpha value is -4.02. The molecule has 0 saturated heterocycles. The lowest BCUT2D eigenvalue weighted by Gasteiger charge is -2.19. The van der Waals surface area contributed by atoms with E-state index < -0.39 is 17.5 Å². The summed E-state index contributed by atoms with van der Waals surface area (Å²) in [4.78, 5) is 17.4. The molecule has 6 nitrogen and oxygen atoms in total. The van der Waals surface area contributed by atoms with Crippen LogP contribution < -0.4 is 10.3 Å². The second kappa shape index (κ2) is 8.38. The van der Waals surface area contributed by atoms with Gasteiger partial charge >= 0.3 is 0 Å². The smallest absolute Gasteiger partial charge is 0.259 e. The van der Waals surface area contributed by atoms with E-state index in [4.69, 9.17) is 4.74 Å². The van der Waals surface area contributed by atoms with E-state index >= 15 is 0 Å². The lowest BCUT2D eigenvalue weighted by molar-refractivity contribution is 0.150. The fourth-order valence-corrected chi connectivity index (χ4v) is 3.62. The van der Waals surface area contributed by atoms with Crippen molar-refractivity contribution < 1.29 is 14.2 Å². The lowest BCUT2D eigenvalue weighted by atomic mass is 9.96. The third-order valence-corrected chi connectivity index (χ3v) is 5.08. The first-order chi connectivity index (χ1) is 15.0. The van der Waals surface area contributed by atoms with Gasteiger partial charge in [0.25, 0.3) is 5.56 Å². The van der Waals surface area contributed by atoms with Gasteiger partial charge in [-0.3, -0.25) is 14.3 Å². The minimum Gasteiger partial charge on any atom is -0.497 e. The number of aliphatic hydroxyl groups is 1. The standard InChI is InChI=1S/C24H18FN3O3/c1-31-17-8-9-18-19(12-17)23(15-5-4-6-16(25)11-15)21(13-26)28(24(18)30)14-22(29)20-7-2-3-10-27-20/h2-12,22,29H,14H2,1H3/t22-/m0/s1. The van der Waals surface area contributed by atoms with Crippen LogP contribution in [-0.4, -0.2) is 21.8 Å². The van der Waals surface area contributed by atoms with Crippen LogP contribution in [0.3, 0.4) is 0 Å². The highest BCUT2D eigenvalue weighted by Crippen LogP contribution is 2.33. The number of hydrogen-bond acceptors (Lipinski definition) is 5. The van der Waals surface area contributed by atoms with Gasteiger partial charge in [-0.05, 0) is 48.0 Å². The van der Waals surface area contributed by atoms with E-state index in [-0.39, 0.29) is 12.2 Å². The Kier molecular flexibility index (Phi) is 5.48. The number of methoxy groups -OCH3 is 1. The molecule has 0 saturated carbocycles. The average molecular weight is 415 g/mol. The highest BCUT2D eigenvalue weighted by molar-refractivity contribution is 5.99. The molecule has 0 aliphatic rings. The molecule has 4 aromatic rings. The van der Waals surface area contributed by atoms with E-state index in [1.54, 1.807) is 42.5 Å². The molecule has 1 atom stereocenters. The molecule has 4 rings (SSSR count). The van der Waals surface area contributed by atoms with Crippen LogP contribution in [0.2, 0.25) is 0 Å². The van der Waals surface area contributed by atoms with Crippen LogP contribution >= 0.6 is 0 Å². The maximum atomic E-state index is 14.0. The van der Waals surface area contributed by atoms with Crippen molar-refractivity contribution in [1.82, 2.24) is 9.55 Å². The Morgan fingerprint density at radius 1 is 1.16 bits per heavy atom. The molecule has 1 N–H and O–H groups in total. The quantitative estimate of drug-likeness (QED) is 0.535. The molecule has 0 amide bonds. The molecule has 0 aliphatic carbocycles. The second-order valence-corrected chi connectivity index (χ2v) is 6.94. The molecular weight excluding hydrogens is 397 g/mol. The number of halogens is 1. The van der Waals surface area contributed by atoms with Gasteiger partial charge in [-0.15, -0.1) is 0 Å². The minimum atomic E-state index is -1.11. The van der Waals surface area contributed by atoms with Crippen LogP contribution in [0.5, 0.6) is 5.75 Å². The number of nitriles is 1. The maximum Gasteiger partial charge on any atom is 0.259 e. The molecule has 154 valence electrons. The summed E-state index contributed by atoms with van der Waals surface area (Å²) >= 11 is 0. The normalized spacial score (nSPS) is 11.8. The molecule has 0 fully saturated rings. The van der Waals surface area contributed by atoms with E-state index in [0.29, 0.717) is 33.3 Å². The highest BCUT2D eigenvalue weighted by Gasteiger charge is 2.21. The van der Waals surface area contributed by atoms with Gasteiger partial charge in [0.05, 0.1) is 19.3 Å². The maximum absolute atomic E-state index is 14.0. The summed E-state index contributed by atoms with van der Waals surface area (Å²) in [5.41, 5.74) is 0.788. The molecule has 0 unspecified atom stereocenters. The minimum absolute atomic E-state index is 0.0198. The summed E-state index contributed by atoms with van der Waals surface area (Å²) in [6, 6.07) is 17.9. The Bertz CT molecular complexity index is 1360. The van der Waals surface area contributed by atoms with Gasteiger partial charge in [0, 0.05) is 22.5 Å². The predicted octanol–water partition coefficient (Wildman–Crippen LogP) is 3.82. The number of aliphatic hydroxyl groups excluding tert-OH is 1. The van der Waals surface area contributed by atoms with Gasteiger partial charge in [-0.1, -0.05) is 18.2 Å². The summed E-state index contributed by atoms with van der Waals surface area (Å²) in [6.07, 6.45) is 0.430. The number of fused-ring (bicyclic) bond motifs is 1. The van der Waals surface area contributed by atoms with E-state index in [1.807, 2.05) is 0 Å². The first-order valence-corrected chi connectivity index (χ1v) is 9.53. The Morgan fingerprint density at radius 2 is 2.00 bits per heavy atom. The van der Waals surface area contributed by atoms with Gasteiger partial charge in [-0.25, -0.2) is 4.39 Å². The third kappa shape index (κ3) is 3.77. The van der Waals surface area contributed by atoms with Crippen LogP contribution in [0.1, 0.15) is 17.5 Å². The molecule has 0 bridgehead atoms. The zero-order valence-electron chi connectivity index (χ0n) is 16.6. The summed E-state index contributed by atoms with van der Waals surface area (Å²) in [6.45, 7) is -0.178. The van der Waals surface area contributed by atoms with Crippen LogP contribution in [-0.2, 0) is 6.54 Å². The summed E-state index contributed by atoms with van der Waals surface area (Å²) in [5.74, 6) is 0.0309. The van der Waals surface area contributed by atoms with Crippen LogP contribution in [0.25, 0.3) is 21.9 Å². The second-order valence-electron chi connectivity index (χ2n) is 6.94. The topological polar surface area (TPSA) is 88.1 Å². The van der Waals surface area contributed by atoms with Gasteiger partial charge in [0.15, 0.2) is 0 Å². The number of rotatable bonds is 5. The van der Waals surface area contributed by atoms with Crippen molar-refractivity contribution in [3.8, 4) is 22.9 Å². The first-order valence-electron chi connectivity index (χ1n) is 9.53. The van der Waals surface area contributed by atoms with Crippen LogP contribution in [0.4, 0.5) is 4.39 Å². The summed E-state index contributed by atoms with van der Waals surface area (Å²) < 4.78 is 20.5. The zero-order valence-corrected chi connectivity index (χ0v) is 16.6. The monoisotopic (exact) mass is 415 g/mol. The Morgan fingerprint density at radius 3 is 2.68 bits per heavy atom. The molecule has 2 aromatic heterocycles. The fraction of sp³-hybridized carbons (Fsp3) is 0.125. The molecule has 0 spiro atoms. The molecule has 31 heavy (non-hydrogen) atoms. The molecule has 2 heterocycles. The van der Waals surface area contributed by atoms with E-state index in [9.17, 15) is 19.6 Å². The van der Waals surface area contributed by atoms with E-state index in [2.05, 4.69) is 11.1 Å². The zero-order chi connectivity index (χ0) is 22.0. The van der Waals surface area contributed by atoms with Gasteiger partial charge < -0.3 is 9.84 Å². The van der Waals surface area contributed by atoms with Crippen LogP contribution in [0, 0.1) is 17.1 Å². The average Bonchev–Trinajstić information content (AvgIpc) is 2.80. The highest BCUT2D eigenvalue weighted by atomic mass is 19.1. The first kappa shape index (κ1) is 20.3. The van der Waals surface area contributed by atoms with Crippen LogP contribution in [0.15, 0.2) is 71.7 Å². The Balaban J connectivity index is 2.02. The number of hydrogen-bond donors (Lipinski definition) is 1. The summed E-state index contributed by atoms with van der Waals surface area (Å²) in [5, 5.41) is 21.5. The van der Waals surface area contributed by atoms with E-state index in [0.717, 1.165) is 0 Å². The number of aromatic nitrogens is 2. The number of ether oxygens (including phenoxy) is 1. The van der Waals surface area contributed by atoms with Crippen molar-refractivity contribution in [2.75, 3.05) is 7.11 Å². The molecule has 0 radical (unpaired) electrons. The van der Waals surface area contributed by atoms with Gasteiger partial charge in [0.1, 0.15) is 29.4 Å². The molecular formula is C24H18FN3O3. The lowest BCUT2D eigenvalue weighted by Crippen LogP contribution is -2.27. The molecule has 7 heteroatoms.